The number of methoxy groups -OCH3 is 1. The minimum atomic E-state index is -1.43. The lowest BCUT2D eigenvalue weighted by molar-refractivity contribution is -0.146. The molecule has 2 amide bonds. The molecule has 2 aliphatic rings. The maximum Gasteiger partial charge on any atom is 0.264 e. The number of nitrogens with zero attached hydrogens (tertiary/aromatic N) is 4. The largest absolute Gasteiger partial charge is 0.497 e. The normalized spacial score (nSPS) is 21.7. The number of nitrogens with one attached hydrogen (secondary N) is 1. The van der Waals surface area contributed by atoms with Crippen LogP contribution in [0, 0.1) is 11.8 Å². The standard InChI is InChI=1S/C41H43N5O6/c1-26-36(40(2,3)50)35(21-22-45-25-33(43-44-45)37(47)28-13-9-6-10-14-28)52-41(26)32-23-30(42-38(48)29-15-18-31(51-4)19-16-29)17-20-34(32)46(39(41)49)24-27-11-7-5-8-12-27/h5-20,23,25-26,35-37,47,50H,21-22,24H2,1-4H3,(H,42,48)/t26-,35+,36-,37-,41+/m1/s1. The molecule has 5 aromatic rings. The van der Waals surface area contributed by atoms with Gasteiger partial charge in [-0.15, -0.1) is 5.10 Å². The van der Waals surface area contributed by atoms with Gasteiger partial charge in [0.1, 0.15) is 17.5 Å². The van der Waals surface area contributed by atoms with Gasteiger partial charge >= 0.3 is 0 Å². The van der Waals surface area contributed by atoms with Crippen molar-refractivity contribution < 1.29 is 29.3 Å². The molecule has 1 fully saturated rings. The number of fused-ring (bicyclic) bond motifs is 2. The lowest BCUT2D eigenvalue weighted by atomic mass is 9.71. The molecule has 1 saturated heterocycles. The van der Waals surface area contributed by atoms with Gasteiger partial charge in [-0.05, 0) is 73.9 Å². The number of carbonyl (C=O) groups is 2. The Bertz CT molecular complexity index is 2050. The number of amides is 2. The number of aliphatic hydroxyl groups excluding tert-OH is 1. The first-order chi connectivity index (χ1) is 25.0. The Morgan fingerprint density at radius 1 is 1.02 bits per heavy atom. The van der Waals surface area contributed by atoms with E-state index in [1.165, 1.54) is 0 Å². The van der Waals surface area contributed by atoms with Crippen molar-refractivity contribution in [2.24, 2.45) is 11.8 Å². The molecule has 7 rings (SSSR count). The number of hydrogen-bond donors (Lipinski definition) is 3. The van der Waals surface area contributed by atoms with Gasteiger partial charge in [-0.1, -0.05) is 72.8 Å². The number of aryl methyl sites for hydroxylation is 1. The molecule has 0 bridgehead atoms. The number of ether oxygens (including phenoxy) is 2. The Hall–Kier alpha value is -5.36. The third-order valence-electron chi connectivity index (χ3n) is 10.4. The fourth-order valence-electron chi connectivity index (χ4n) is 7.91. The highest BCUT2D eigenvalue weighted by Crippen LogP contribution is 2.58. The van der Waals surface area contributed by atoms with Gasteiger partial charge in [-0.3, -0.25) is 14.3 Å². The summed E-state index contributed by atoms with van der Waals surface area (Å²) in [5, 5.41) is 34.0. The molecule has 0 radical (unpaired) electrons. The second kappa shape index (κ2) is 14.0. The summed E-state index contributed by atoms with van der Waals surface area (Å²) in [6.45, 7) is 6.16. The molecule has 11 nitrogen and oxygen atoms in total. The fourth-order valence-corrected chi connectivity index (χ4v) is 7.91. The Kier molecular flexibility index (Phi) is 9.43. The number of rotatable bonds is 11. The molecule has 1 spiro atoms. The van der Waals surface area contributed by atoms with Crippen molar-refractivity contribution in [3.63, 3.8) is 0 Å². The van der Waals surface area contributed by atoms with E-state index in [0.29, 0.717) is 59.0 Å². The van der Waals surface area contributed by atoms with Crippen LogP contribution in [0.1, 0.15) is 66.0 Å². The van der Waals surface area contributed by atoms with Crippen LogP contribution >= 0.6 is 0 Å². The number of aliphatic hydroxyl groups is 2. The van der Waals surface area contributed by atoms with Gasteiger partial charge in [0.05, 0.1) is 37.2 Å². The predicted molar refractivity (Wildman–Crippen MR) is 196 cm³/mol. The van der Waals surface area contributed by atoms with Gasteiger partial charge in [0, 0.05) is 35.2 Å². The molecular weight excluding hydrogens is 658 g/mol. The second-order valence-electron chi connectivity index (χ2n) is 14.2. The predicted octanol–water partition coefficient (Wildman–Crippen LogP) is 5.88. The van der Waals surface area contributed by atoms with Crippen LogP contribution in [0.2, 0.25) is 0 Å². The molecule has 2 aliphatic heterocycles. The number of carbonyl (C=O) groups excluding carboxylic acids is 2. The van der Waals surface area contributed by atoms with Gasteiger partial charge in [-0.25, -0.2) is 0 Å². The summed E-state index contributed by atoms with van der Waals surface area (Å²) in [5.41, 5.74) is 1.74. The monoisotopic (exact) mass is 701 g/mol. The molecule has 5 atom stereocenters. The smallest absolute Gasteiger partial charge is 0.264 e. The first kappa shape index (κ1) is 35.1. The molecule has 4 aromatic carbocycles. The molecule has 3 heterocycles. The Labute approximate surface area is 302 Å². The molecule has 0 unspecified atom stereocenters. The second-order valence-corrected chi connectivity index (χ2v) is 14.2. The van der Waals surface area contributed by atoms with E-state index < -0.39 is 35.2 Å². The van der Waals surface area contributed by atoms with Gasteiger partial charge < -0.3 is 29.9 Å². The highest BCUT2D eigenvalue weighted by molar-refractivity contribution is 6.09. The maximum atomic E-state index is 14.9. The summed E-state index contributed by atoms with van der Waals surface area (Å²) >= 11 is 0. The summed E-state index contributed by atoms with van der Waals surface area (Å²) in [6.07, 6.45) is 0.654. The van der Waals surface area contributed by atoms with Crippen molar-refractivity contribution in [2.45, 2.75) is 63.7 Å². The summed E-state index contributed by atoms with van der Waals surface area (Å²) in [5.74, 6) is -0.785. The summed E-state index contributed by atoms with van der Waals surface area (Å²) in [7, 11) is 1.57. The van der Waals surface area contributed by atoms with Crippen molar-refractivity contribution in [1.82, 2.24) is 15.0 Å². The number of aromatic nitrogens is 3. The third kappa shape index (κ3) is 6.47. The minimum Gasteiger partial charge on any atom is -0.497 e. The molecule has 3 N–H and O–H groups in total. The van der Waals surface area contributed by atoms with Gasteiger partial charge in [0.25, 0.3) is 11.8 Å². The van der Waals surface area contributed by atoms with Crippen LogP contribution in [0.4, 0.5) is 11.4 Å². The highest BCUT2D eigenvalue weighted by atomic mass is 16.5. The van der Waals surface area contributed by atoms with E-state index in [1.807, 2.05) is 79.7 Å². The molecule has 0 aliphatic carbocycles. The zero-order valence-electron chi connectivity index (χ0n) is 29.6. The maximum absolute atomic E-state index is 14.9. The highest BCUT2D eigenvalue weighted by Gasteiger charge is 2.65. The lowest BCUT2D eigenvalue weighted by Gasteiger charge is -2.34. The van der Waals surface area contributed by atoms with Crippen LogP contribution in [0.25, 0.3) is 0 Å². The number of benzene rings is 4. The van der Waals surface area contributed by atoms with Crippen LogP contribution in [0.3, 0.4) is 0 Å². The zero-order chi connectivity index (χ0) is 36.6. The molecule has 1 aromatic heterocycles. The Morgan fingerprint density at radius 2 is 1.71 bits per heavy atom. The van der Waals surface area contributed by atoms with E-state index in [4.69, 9.17) is 9.47 Å². The van der Waals surface area contributed by atoms with Gasteiger partial charge in [0.2, 0.25) is 0 Å². The van der Waals surface area contributed by atoms with Crippen LogP contribution in [0.15, 0.2) is 109 Å². The van der Waals surface area contributed by atoms with Crippen LogP contribution in [0.5, 0.6) is 5.75 Å². The fraction of sp³-hybridized carbons (Fsp3) is 0.317. The Balaban J connectivity index is 1.21. The molecule has 52 heavy (non-hydrogen) atoms. The first-order valence-electron chi connectivity index (χ1n) is 17.5. The van der Waals surface area contributed by atoms with Crippen LogP contribution in [-0.2, 0) is 28.2 Å². The molecule has 0 saturated carbocycles. The van der Waals surface area contributed by atoms with E-state index in [2.05, 4.69) is 15.6 Å². The summed E-state index contributed by atoms with van der Waals surface area (Å²) in [4.78, 5) is 29.9. The molecular formula is C41H43N5O6. The third-order valence-corrected chi connectivity index (χ3v) is 10.4. The topological polar surface area (TPSA) is 139 Å². The van der Waals surface area contributed by atoms with Gasteiger partial charge in [0.15, 0.2) is 5.60 Å². The first-order valence-corrected chi connectivity index (χ1v) is 17.5. The quantitative estimate of drug-likeness (QED) is 0.155. The van der Waals surface area contributed by atoms with Crippen LogP contribution < -0.4 is 15.0 Å². The van der Waals surface area contributed by atoms with Crippen molar-refractivity contribution in [3.05, 3.63) is 137 Å². The zero-order valence-corrected chi connectivity index (χ0v) is 29.6. The van der Waals surface area contributed by atoms with E-state index in [9.17, 15) is 19.8 Å². The van der Waals surface area contributed by atoms with E-state index in [1.54, 1.807) is 67.1 Å². The average Bonchev–Trinajstić information content (AvgIpc) is 3.81. The van der Waals surface area contributed by atoms with E-state index in [-0.39, 0.29) is 11.8 Å². The summed E-state index contributed by atoms with van der Waals surface area (Å²) < 4.78 is 13.9. The SMILES string of the molecule is COc1ccc(C(=O)Nc2ccc3c(c2)[C@]2(O[C@@H](CCn4cc([C@H](O)c5ccccc5)nn4)[C@H](C(C)(C)O)[C@H]2C)C(=O)N3Cc2ccccc2)cc1. The number of hydrogen-bond acceptors (Lipinski definition) is 8. The van der Waals surface area contributed by atoms with E-state index in [0.717, 1.165) is 5.56 Å². The Morgan fingerprint density at radius 3 is 2.38 bits per heavy atom. The van der Waals surface area contributed by atoms with Crippen molar-refractivity contribution in [2.75, 3.05) is 17.3 Å². The van der Waals surface area contributed by atoms with Crippen molar-refractivity contribution in [1.29, 1.82) is 0 Å². The number of anilines is 2. The minimum absolute atomic E-state index is 0.219. The van der Waals surface area contributed by atoms with Crippen molar-refractivity contribution >= 4 is 23.2 Å². The summed E-state index contributed by atoms with van der Waals surface area (Å²) in [6, 6.07) is 31.3. The van der Waals surface area contributed by atoms with Gasteiger partial charge in [-0.2, -0.15) is 0 Å². The van der Waals surface area contributed by atoms with E-state index >= 15 is 0 Å². The van der Waals surface area contributed by atoms with Crippen molar-refractivity contribution in [3.8, 4) is 5.75 Å². The molecule has 11 heteroatoms. The molecule has 268 valence electrons. The van der Waals surface area contributed by atoms with Crippen LogP contribution in [-0.4, -0.2) is 55.8 Å². The average molecular weight is 702 g/mol. The lowest BCUT2D eigenvalue weighted by Crippen LogP contribution is -2.46.